The average Bonchev–Trinajstić information content (AvgIpc) is 3.33. The molecule has 0 unspecified atom stereocenters. The highest BCUT2D eigenvalue weighted by molar-refractivity contribution is 7.89. The molecule has 174 valence electrons. The fourth-order valence-electron chi connectivity index (χ4n) is 3.93. The summed E-state index contributed by atoms with van der Waals surface area (Å²) in [5, 5.41) is 2.79. The maximum atomic E-state index is 12.8. The van der Waals surface area contributed by atoms with Crippen LogP contribution in [0.3, 0.4) is 0 Å². The quantitative estimate of drug-likeness (QED) is 0.409. The Labute approximate surface area is 201 Å². The number of piperazine rings is 1. The lowest BCUT2D eigenvalue weighted by atomic mass is 10.1. The van der Waals surface area contributed by atoms with Crippen LogP contribution in [-0.4, -0.2) is 66.3 Å². The number of amides is 1. The molecule has 8 nitrogen and oxygen atoms in total. The number of rotatable bonds is 6. The highest BCUT2D eigenvalue weighted by Crippen LogP contribution is 2.37. The third-order valence-electron chi connectivity index (χ3n) is 5.72. The summed E-state index contributed by atoms with van der Waals surface area (Å²) in [5.74, 6) is 0.156. The van der Waals surface area contributed by atoms with Crippen LogP contribution in [0.2, 0.25) is 0 Å². The van der Waals surface area contributed by atoms with Crippen molar-refractivity contribution in [1.82, 2.24) is 19.2 Å². The number of aromatic nitrogens is 2. The molecule has 0 N–H and O–H groups in total. The summed E-state index contributed by atoms with van der Waals surface area (Å²) in [6, 6.07) is 18.2. The Morgan fingerprint density at radius 1 is 0.941 bits per heavy atom. The van der Waals surface area contributed by atoms with E-state index in [0.29, 0.717) is 19.0 Å². The minimum absolute atomic E-state index is 0.179. The molecule has 1 amide bonds. The maximum Gasteiger partial charge on any atom is 0.260 e. The van der Waals surface area contributed by atoms with E-state index in [2.05, 4.69) is 9.97 Å². The molecule has 5 rings (SSSR count). The van der Waals surface area contributed by atoms with E-state index < -0.39 is 10.0 Å². The summed E-state index contributed by atoms with van der Waals surface area (Å²) in [7, 11) is -3.57. The van der Waals surface area contributed by atoms with Gasteiger partial charge in [-0.2, -0.15) is 4.31 Å². The predicted octanol–water partition coefficient (Wildman–Crippen LogP) is 3.27. The molecule has 1 aliphatic rings. The van der Waals surface area contributed by atoms with Gasteiger partial charge in [0.25, 0.3) is 5.91 Å². The molecule has 10 heteroatoms. The molecule has 1 aliphatic heterocycles. The monoisotopic (exact) mass is 494 g/mol. The first-order valence-corrected chi connectivity index (χ1v) is 13.1. The Kier molecular flexibility index (Phi) is 6.27. The van der Waals surface area contributed by atoms with Crippen molar-refractivity contribution in [2.45, 2.75) is 4.90 Å². The zero-order valence-electron chi connectivity index (χ0n) is 18.2. The Bertz CT molecular complexity index is 1400. The van der Waals surface area contributed by atoms with E-state index >= 15 is 0 Å². The Balaban J connectivity index is 1.25. The molecule has 0 radical (unpaired) electrons. The summed E-state index contributed by atoms with van der Waals surface area (Å²) < 4.78 is 32.9. The van der Waals surface area contributed by atoms with Crippen molar-refractivity contribution in [2.75, 3.05) is 32.8 Å². The summed E-state index contributed by atoms with van der Waals surface area (Å²) >= 11 is 1.50. The summed E-state index contributed by atoms with van der Waals surface area (Å²) in [6.07, 6.45) is 1.43. The van der Waals surface area contributed by atoms with Crippen LogP contribution in [0.15, 0.2) is 77.3 Å². The zero-order chi connectivity index (χ0) is 23.5. The van der Waals surface area contributed by atoms with Crippen molar-refractivity contribution >= 4 is 37.5 Å². The van der Waals surface area contributed by atoms with Gasteiger partial charge in [0, 0.05) is 37.1 Å². The zero-order valence-corrected chi connectivity index (χ0v) is 19.8. The van der Waals surface area contributed by atoms with E-state index in [0.717, 1.165) is 21.3 Å². The fourth-order valence-corrected chi connectivity index (χ4v) is 6.28. The molecule has 0 atom stereocenters. The van der Waals surface area contributed by atoms with Crippen LogP contribution in [0.4, 0.5) is 0 Å². The third-order valence-corrected chi connectivity index (χ3v) is 8.52. The lowest BCUT2D eigenvalue weighted by molar-refractivity contribution is -0.134. The van der Waals surface area contributed by atoms with Gasteiger partial charge in [-0.25, -0.2) is 18.4 Å². The Hall–Kier alpha value is -3.34. The van der Waals surface area contributed by atoms with Crippen LogP contribution < -0.4 is 4.74 Å². The number of carbonyl (C=O) groups is 1. The van der Waals surface area contributed by atoms with Gasteiger partial charge in [0.05, 0.1) is 10.3 Å². The first kappa shape index (κ1) is 22.5. The van der Waals surface area contributed by atoms with Crippen molar-refractivity contribution in [3.8, 4) is 17.0 Å². The molecule has 1 saturated heterocycles. The largest absolute Gasteiger partial charge is 0.467 e. The molecular formula is C24H22N4O4S2. The number of carbonyl (C=O) groups excluding carboxylic acids is 1. The van der Waals surface area contributed by atoms with Crippen LogP contribution in [-0.2, 0) is 14.8 Å². The molecule has 0 spiro atoms. The molecular weight excluding hydrogens is 472 g/mol. The maximum absolute atomic E-state index is 12.8. The van der Waals surface area contributed by atoms with Gasteiger partial charge in [0.2, 0.25) is 15.9 Å². The van der Waals surface area contributed by atoms with Gasteiger partial charge in [-0.1, -0.05) is 48.5 Å². The van der Waals surface area contributed by atoms with Gasteiger partial charge in [0.15, 0.2) is 6.61 Å². The number of fused-ring (bicyclic) bond motifs is 1. The van der Waals surface area contributed by atoms with Crippen molar-refractivity contribution in [3.05, 3.63) is 72.4 Å². The first-order chi connectivity index (χ1) is 16.5. The van der Waals surface area contributed by atoms with E-state index in [1.165, 1.54) is 22.0 Å². The first-order valence-electron chi connectivity index (χ1n) is 10.8. The van der Waals surface area contributed by atoms with Crippen molar-refractivity contribution < 1.29 is 17.9 Å². The lowest BCUT2D eigenvalue weighted by Crippen LogP contribution is -2.51. The highest BCUT2D eigenvalue weighted by atomic mass is 32.2. The number of benzene rings is 2. The van der Waals surface area contributed by atoms with Gasteiger partial charge < -0.3 is 9.64 Å². The molecule has 34 heavy (non-hydrogen) atoms. The van der Waals surface area contributed by atoms with Crippen molar-refractivity contribution in [2.24, 2.45) is 0 Å². The van der Waals surface area contributed by atoms with Gasteiger partial charge >= 0.3 is 0 Å². The van der Waals surface area contributed by atoms with Crippen LogP contribution in [0.5, 0.6) is 5.88 Å². The standard InChI is InChI=1S/C24H22N4O4S2/c29-21(27-11-13-28(14-12-27)34(30,31)19-9-5-2-6-10-19)15-32-23-22-20(18-7-3-1-4-8-18)16-33-24(22)26-17-25-23/h1-10,16-17H,11-15H2. The molecule has 3 heterocycles. The number of ether oxygens (including phenoxy) is 1. The second-order valence-electron chi connectivity index (χ2n) is 7.76. The second-order valence-corrected chi connectivity index (χ2v) is 10.6. The molecule has 0 aliphatic carbocycles. The highest BCUT2D eigenvalue weighted by Gasteiger charge is 2.30. The smallest absolute Gasteiger partial charge is 0.260 e. The number of sulfonamides is 1. The van der Waals surface area contributed by atoms with E-state index in [-0.39, 0.29) is 30.5 Å². The second kappa shape index (κ2) is 9.49. The SMILES string of the molecule is O=C(COc1ncnc2scc(-c3ccccc3)c12)N1CCN(S(=O)(=O)c2ccccc2)CC1. The average molecular weight is 495 g/mol. The van der Waals surface area contributed by atoms with Crippen LogP contribution in [0.1, 0.15) is 0 Å². The normalized spacial score (nSPS) is 14.9. The predicted molar refractivity (Wildman–Crippen MR) is 130 cm³/mol. The number of thiophene rings is 1. The summed E-state index contributed by atoms with van der Waals surface area (Å²) in [5.41, 5.74) is 1.99. The molecule has 2 aromatic carbocycles. The van der Waals surface area contributed by atoms with Crippen LogP contribution >= 0.6 is 11.3 Å². The molecule has 0 saturated carbocycles. The van der Waals surface area contributed by atoms with E-state index in [9.17, 15) is 13.2 Å². The topological polar surface area (TPSA) is 92.7 Å². The number of hydrogen-bond acceptors (Lipinski definition) is 7. The fraction of sp³-hybridized carbons (Fsp3) is 0.208. The van der Waals surface area contributed by atoms with E-state index in [1.54, 1.807) is 35.2 Å². The van der Waals surface area contributed by atoms with Crippen LogP contribution in [0.25, 0.3) is 21.3 Å². The van der Waals surface area contributed by atoms with Gasteiger partial charge in [-0.15, -0.1) is 11.3 Å². The summed E-state index contributed by atoms with van der Waals surface area (Å²) in [6.45, 7) is 0.913. The molecule has 2 aromatic heterocycles. The molecule has 0 bridgehead atoms. The van der Waals surface area contributed by atoms with Crippen LogP contribution in [0, 0.1) is 0 Å². The molecule has 1 fully saturated rings. The minimum Gasteiger partial charge on any atom is -0.467 e. The van der Waals surface area contributed by atoms with Gasteiger partial charge in [-0.3, -0.25) is 4.79 Å². The van der Waals surface area contributed by atoms with Crippen molar-refractivity contribution in [3.63, 3.8) is 0 Å². The van der Waals surface area contributed by atoms with Gasteiger partial charge in [-0.05, 0) is 17.7 Å². The van der Waals surface area contributed by atoms with Gasteiger partial charge in [0.1, 0.15) is 11.2 Å². The number of nitrogens with zero attached hydrogens (tertiary/aromatic N) is 4. The number of hydrogen-bond donors (Lipinski definition) is 0. The minimum atomic E-state index is -3.57. The Morgan fingerprint density at radius 2 is 1.62 bits per heavy atom. The van der Waals surface area contributed by atoms with Crippen molar-refractivity contribution in [1.29, 1.82) is 0 Å². The van der Waals surface area contributed by atoms with E-state index in [4.69, 9.17) is 4.74 Å². The Morgan fingerprint density at radius 3 is 2.32 bits per heavy atom. The summed E-state index contributed by atoms with van der Waals surface area (Å²) in [4.78, 5) is 24.1. The van der Waals surface area contributed by atoms with E-state index in [1.807, 2.05) is 35.7 Å². The molecule has 4 aromatic rings. The third kappa shape index (κ3) is 4.39. The lowest BCUT2D eigenvalue weighted by Gasteiger charge is -2.33.